The molecule has 21 heavy (non-hydrogen) atoms. The predicted octanol–water partition coefficient (Wildman–Crippen LogP) is 2.15. The van der Waals surface area contributed by atoms with Crippen LogP contribution in [0.15, 0.2) is 22.7 Å². The second kappa shape index (κ2) is 5.60. The van der Waals surface area contributed by atoms with Crippen molar-refractivity contribution in [3.8, 4) is 11.5 Å². The van der Waals surface area contributed by atoms with Crippen molar-refractivity contribution in [3.63, 3.8) is 0 Å². The second-order valence-corrected chi connectivity index (χ2v) is 4.04. The predicted molar refractivity (Wildman–Crippen MR) is 64.9 cm³/mol. The number of methoxy groups -OCH3 is 2. The number of rotatable bonds is 4. The molecule has 0 radical (unpaired) electrons. The molecule has 2 aromatic rings. The van der Waals surface area contributed by atoms with Gasteiger partial charge in [-0.3, -0.25) is 0 Å². The molecular weight excluding hydrogens is 291 g/mol. The summed E-state index contributed by atoms with van der Waals surface area (Å²) in [6.45, 7) is 0. The van der Waals surface area contributed by atoms with Gasteiger partial charge in [-0.1, -0.05) is 5.16 Å². The van der Waals surface area contributed by atoms with Crippen molar-refractivity contribution in [2.24, 2.45) is 5.73 Å². The number of aromatic nitrogens is 2. The van der Waals surface area contributed by atoms with Crippen LogP contribution >= 0.6 is 0 Å². The summed E-state index contributed by atoms with van der Waals surface area (Å²) in [7, 11) is 2.88. The van der Waals surface area contributed by atoms with Gasteiger partial charge in [-0.25, -0.2) is 0 Å². The van der Waals surface area contributed by atoms with Crippen LogP contribution in [0.3, 0.4) is 0 Å². The first-order valence-electron chi connectivity index (χ1n) is 5.75. The van der Waals surface area contributed by atoms with Crippen molar-refractivity contribution in [1.82, 2.24) is 10.1 Å². The van der Waals surface area contributed by atoms with E-state index in [0.29, 0.717) is 17.1 Å². The molecule has 1 aromatic carbocycles. The average molecular weight is 303 g/mol. The van der Waals surface area contributed by atoms with E-state index in [4.69, 9.17) is 15.2 Å². The van der Waals surface area contributed by atoms with Crippen LogP contribution < -0.4 is 15.2 Å². The summed E-state index contributed by atoms with van der Waals surface area (Å²) < 4.78 is 51.6. The van der Waals surface area contributed by atoms with Gasteiger partial charge in [0.2, 0.25) is 0 Å². The van der Waals surface area contributed by atoms with Crippen LogP contribution in [0.4, 0.5) is 13.2 Å². The molecule has 1 atom stereocenters. The molecule has 9 heteroatoms. The van der Waals surface area contributed by atoms with Crippen molar-refractivity contribution in [1.29, 1.82) is 0 Å². The third kappa shape index (κ3) is 3.07. The average Bonchev–Trinajstić information content (AvgIpc) is 2.95. The number of nitrogens with zero attached hydrogens (tertiary/aromatic N) is 2. The molecule has 114 valence electrons. The molecule has 0 fully saturated rings. The third-order valence-corrected chi connectivity index (χ3v) is 2.74. The Balaban J connectivity index is 2.35. The molecule has 0 bridgehead atoms. The summed E-state index contributed by atoms with van der Waals surface area (Å²) >= 11 is 0. The van der Waals surface area contributed by atoms with Gasteiger partial charge in [0.25, 0.3) is 0 Å². The number of nitrogens with two attached hydrogens (primary N) is 1. The Morgan fingerprint density at radius 2 is 1.95 bits per heavy atom. The van der Waals surface area contributed by atoms with Crippen molar-refractivity contribution in [3.05, 3.63) is 35.5 Å². The highest BCUT2D eigenvalue weighted by molar-refractivity contribution is 5.44. The van der Waals surface area contributed by atoms with E-state index in [0.717, 1.165) is 0 Å². The smallest absolute Gasteiger partial charge is 0.471 e. The molecule has 0 saturated carbocycles. The number of halogens is 3. The lowest BCUT2D eigenvalue weighted by atomic mass is 10.1. The van der Waals surface area contributed by atoms with Crippen LogP contribution in [0.1, 0.15) is 23.3 Å². The molecule has 0 aliphatic carbocycles. The van der Waals surface area contributed by atoms with Crippen molar-refractivity contribution >= 4 is 0 Å². The van der Waals surface area contributed by atoms with Gasteiger partial charge in [0.05, 0.1) is 20.3 Å². The van der Waals surface area contributed by atoms with E-state index in [1.54, 1.807) is 18.2 Å². The van der Waals surface area contributed by atoms with Crippen LogP contribution in [0, 0.1) is 0 Å². The fourth-order valence-electron chi connectivity index (χ4n) is 1.69. The first-order chi connectivity index (χ1) is 9.86. The summed E-state index contributed by atoms with van der Waals surface area (Å²) in [5, 5.41) is 3.26. The van der Waals surface area contributed by atoms with Gasteiger partial charge in [0.1, 0.15) is 11.5 Å². The van der Waals surface area contributed by atoms with E-state index in [9.17, 15) is 13.2 Å². The Kier molecular flexibility index (Phi) is 4.03. The number of alkyl halides is 3. The van der Waals surface area contributed by atoms with Gasteiger partial charge in [-0.15, -0.1) is 0 Å². The molecule has 6 nitrogen and oxygen atoms in total. The van der Waals surface area contributed by atoms with E-state index in [1.165, 1.54) is 14.2 Å². The van der Waals surface area contributed by atoms with E-state index in [2.05, 4.69) is 14.7 Å². The Labute approximate surface area is 117 Å². The molecule has 0 aliphatic heterocycles. The van der Waals surface area contributed by atoms with Crippen molar-refractivity contribution in [2.45, 2.75) is 12.2 Å². The van der Waals surface area contributed by atoms with E-state index in [1.807, 2.05) is 0 Å². The largest absolute Gasteiger partial charge is 0.497 e. The standard InChI is InChI=1S/C12H12F3N3O3/c1-19-6-3-4-7(8(5-6)20-2)9(16)10-17-11(21-18-10)12(13,14)15/h3-5,9H,16H2,1-2H3. The zero-order valence-corrected chi connectivity index (χ0v) is 11.1. The maximum atomic E-state index is 12.4. The highest BCUT2D eigenvalue weighted by Gasteiger charge is 2.39. The lowest BCUT2D eigenvalue weighted by Crippen LogP contribution is -2.15. The van der Waals surface area contributed by atoms with E-state index >= 15 is 0 Å². The summed E-state index contributed by atoms with van der Waals surface area (Å²) in [5.74, 6) is -0.863. The summed E-state index contributed by atoms with van der Waals surface area (Å²) in [4.78, 5) is 3.26. The zero-order chi connectivity index (χ0) is 15.6. The van der Waals surface area contributed by atoms with Crippen LogP contribution in [0.5, 0.6) is 11.5 Å². The van der Waals surface area contributed by atoms with Crippen LogP contribution in [-0.2, 0) is 6.18 Å². The van der Waals surface area contributed by atoms with Gasteiger partial charge in [-0.2, -0.15) is 18.2 Å². The summed E-state index contributed by atoms with van der Waals surface area (Å²) in [5.41, 5.74) is 6.28. The minimum Gasteiger partial charge on any atom is -0.497 e. The molecule has 0 saturated heterocycles. The third-order valence-electron chi connectivity index (χ3n) is 2.74. The number of benzene rings is 1. The summed E-state index contributed by atoms with van der Waals surface area (Å²) in [6, 6.07) is 3.69. The highest BCUT2D eigenvalue weighted by atomic mass is 19.4. The quantitative estimate of drug-likeness (QED) is 0.931. The zero-order valence-electron chi connectivity index (χ0n) is 11.1. The minimum atomic E-state index is -4.71. The topological polar surface area (TPSA) is 83.4 Å². The number of hydrogen-bond donors (Lipinski definition) is 1. The molecular formula is C12H12F3N3O3. The van der Waals surface area contributed by atoms with E-state index in [-0.39, 0.29) is 5.82 Å². The summed E-state index contributed by atoms with van der Waals surface area (Å²) in [6.07, 6.45) is -4.71. The van der Waals surface area contributed by atoms with Crippen LogP contribution in [0.2, 0.25) is 0 Å². The maximum absolute atomic E-state index is 12.4. The lowest BCUT2D eigenvalue weighted by Gasteiger charge is -2.13. The SMILES string of the molecule is COc1ccc(C(N)c2noc(C(F)(F)F)n2)c(OC)c1. The second-order valence-electron chi connectivity index (χ2n) is 4.04. The van der Waals surface area contributed by atoms with Gasteiger partial charge in [0.15, 0.2) is 5.82 Å². The first kappa shape index (κ1) is 15.1. The normalized spacial score (nSPS) is 13.0. The molecule has 0 aliphatic rings. The van der Waals surface area contributed by atoms with Gasteiger partial charge in [-0.05, 0) is 12.1 Å². The fraction of sp³-hybridized carbons (Fsp3) is 0.333. The molecule has 0 amide bonds. The molecule has 1 heterocycles. The van der Waals surface area contributed by atoms with Crippen LogP contribution in [0.25, 0.3) is 0 Å². The molecule has 0 spiro atoms. The monoisotopic (exact) mass is 303 g/mol. The number of hydrogen-bond acceptors (Lipinski definition) is 6. The fourth-order valence-corrected chi connectivity index (χ4v) is 1.69. The van der Waals surface area contributed by atoms with Crippen LogP contribution in [-0.4, -0.2) is 24.4 Å². The Morgan fingerprint density at radius 3 is 2.48 bits per heavy atom. The van der Waals surface area contributed by atoms with Crippen molar-refractivity contribution in [2.75, 3.05) is 14.2 Å². The molecule has 2 rings (SSSR count). The highest BCUT2D eigenvalue weighted by Crippen LogP contribution is 2.32. The first-order valence-corrected chi connectivity index (χ1v) is 5.75. The molecule has 1 aromatic heterocycles. The van der Waals surface area contributed by atoms with E-state index < -0.39 is 18.1 Å². The number of ether oxygens (including phenoxy) is 2. The molecule has 2 N–H and O–H groups in total. The van der Waals surface area contributed by atoms with Gasteiger partial charge < -0.3 is 19.7 Å². The maximum Gasteiger partial charge on any atom is 0.471 e. The minimum absolute atomic E-state index is 0.286. The Bertz CT molecular complexity index is 628. The van der Waals surface area contributed by atoms with Gasteiger partial charge in [0, 0.05) is 11.6 Å². The lowest BCUT2D eigenvalue weighted by molar-refractivity contribution is -0.159. The Hall–Kier alpha value is -2.29. The van der Waals surface area contributed by atoms with Crippen molar-refractivity contribution < 1.29 is 27.2 Å². The molecule has 1 unspecified atom stereocenters. The Morgan fingerprint density at radius 1 is 1.24 bits per heavy atom. The van der Waals surface area contributed by atoms with Gasteiger partial charge >= 0.3 is 12.1 Å².